The summed E-state index contributed by atoms with van der Waals surface area (Å²) < 4.78 is 0. The number of dihydropyridines is 1. The Kier molecular flexibility index (Phi) is 7.45. The molecule has 0 unspecified atom stereocenters. The van der Waals surface area contributed by atoms with Crippen LogP contribution in [0.15, 0.2) is 57.0 Å². The second-order valence-electron chi connectivity index (χ2n) is 5.60. The van der Waals surface area contributed by atoms with Gasteiger partial charge in [-0.15, -0.1) is 0 Å². The molecule has 0 spiro atoms. The van der Waals surface area contributed by atoms with Crippen LogP contribution in [0.2, 0.25) is 0 Å². The fourth-order valence-corrected chi connectivity index (χ4v) is 3.48. The van der Waals surface area contributed by atoms with Crippen molar-refractivity contribution in [3.63, 3.8) is 0 Å². The Morgan fingerprint density at radius 3 is 2.61 bits per heavy atom. The second kappa shape index (κ2) is 9.08. The van der Waals surface area contributed by atoms with Crippen LogP contribution in [0.1, 0.15) is 34.1 Å². The summed E-state index contributed by atoms with van der Waals surface area (Å²) in [6.07, 6.45) is 5.51. The molecule has 1 N–H and O–H groups in total. The minimum absolute atomic E-state index is 0.318. The first-order valence-corrected chi connectivity index (χ1v) is 8.40. The molecule has 23 heavy (non-hydrogen) atoms. The minimum atomic E-state index is 0.318. The van der Waals surface area contributed by atoms with Gasteiger partial charge >= 0.3 is 0 Å². The number of nitrogens with one attached hydrogen (secondary N) is 1. The van der Waals surface area contributed by atoms with Gasteiger partial charge in [0.25, 0.3) is 0 Å². The van der Waals surface area contributed by atoms with Crippen molar-refractivity contribution in [1.29, 1.82) is 10.5 Å². The molecule has 0 saturated heterocycles. The van der Waals surface area contributed by atoms with E-state index in [0.29, 0.717) is 17.9 Å². The number of nitrogens with zero attached hydrogens (tertiary/aromatic N) is 2. The van der Waals surface area contributed by atoms with Gasteiger partial charge in [-0.3, -0.25) is 0 Å². The predicted molar refractivity (Wildman–Crippen MR) is 98.0 cm³/mol. The summed E-state index contributed by atoms with van der Waals surface area (Å²) >= 11 is 1.63. The maximum atomic E-state index is 9.12. The van der Waals surface area contributed by atoms with Crippen LogP contribution in [-0.4, -0.2) is 6.54 Å². The van der Waals surface area contributed by atoms with Crippen molar-refractivity contribution in [2.24, 2.45) is 5.92 Å². The molecule has 3 nitrogen and oxygen atoms in total. The van der Waals surface area contributed by atoms with Gasteiger partial charge in [0.05, 0.1) is 24.1 Å². The first-order chi connectivity index (χ1) is 10.9. The molecule has 120 valence electrons. The Labute approximate surface area is 143 Å². The molecule has 1 aliphatic heterocycles. The van der Waals surface area contributed by atoms with Gasteiger partial charge in [0.15, 0.2) is 0 Å². The summed E-state index contributed by atoms with van der Waals surface area (Å²) in [5, 5.41) is 21.4. The highest BCUT2D eigenvalue weighted by molar-refractivity contribution is 8.07. The molecular weight excluding hydrogens is 302 g/mol. The van der Waals surface area contributed by atoms with Gasteiger partial charge < -0.3 is 5.32 Å². The Morgan fingerprint density at radius 2 is 2.09 bits per heavy atom. The highest BCUT2D eigenvalue weighted by atomic mass is 32.2. The van der Waals surface area contributed by atoms with E-state index in [1.165, 1.54) is 27.8 Å². The number of hydrogen-bond acceptors (Lipinski definition) is 4. The van der Waals surface area contributed by atoms with Crippen molar-refractivity contribution in [3.8, 4) is 12.1 Å². The lowest BCUT2D eigenvalue weighted by atomic mass is 9.97. The third kappa shape index (κ3) is 5.20. The van der Waals surface area contributed by atoms with E-state index in [4.69, 9.17) is 10.5 Å². The van der Waals surface area contributed by atoms with E-state index in [1.54, 1.807) is 17.8 Å². The van der Waals surface area contributed by atoms with E-state index in [9.17, 15) is 0 Å². The van der Waals surface area contributed by atoms with Gasteiger partial charge in [0.2, 0.25) is 0 Å². The highest BCUT2D eigenvalue weighted by Crippen LogP contribution is 2.39. The second-order valence-corrected chi connectivity index (χ2v) is 6.68. The van der Waals surface area contributed by atoms with Crippen LogP contribution in [0.25, 0.3) is 0 Å². The fourth-order valence-electron chi connectivity index (χ4n) is 2.14. The zero-order chi connectivity index (χ0) is 17.4. The normalized spacial score (nSPS) is 16.1. The molecule has 0 bridgehead atoms. The average Bonchev–Trinajstić information content (AvgIpc) is 2.53. The van der Waals surface area contributed by atoms with Gasteiger partial charge in [-0.25, -0.2) is 0 Å². The van der Waals surface area contributed by atoms with E-state index in [1.807, 2.05) is 6.08 Å². The SMILES string of the molecule is C=C/C(C#N)=C\C(=C/CC#N)SC1=C(C(C)C)CNC(C)=C1C. The van der Waals surface area contributed by atoms with Crippen LogP contribution in [0.3, 0.4) is 0 Å². The zero-order valence-corrected chi connectivity index (χ0v) is 15.0. The lowest BCUT2D eigenvalue weighted by molar-refractivity contribution is 0.688. The van der Waals surface area contributed by atoms with Crippen molar-refractivity contribution >= 4 is 11.8 Å². The lowest BCUT2D eigenvalue weighted by Gasteiger charge is -2.26. The van der Waals surface area contributed by atoms with Crippen molar-refractivity contribution in [2.75, 3.05) is 6.54 Å². The topological polar surface area (TPSA) is 59.6 Å². The molecule has 1 heterocycles. The van der Waals surface area contributed by atoms with Gasteiger partial charge in [0.1, 0.15) is 0 Å². The number of rotatable bonds is 6. The van der Waals surface area contributed by atoms with Gasteiger partial charge in [-0.1, -0.05) is 44.3 Å². The number of hydrogen-bond donors (Lipinski definition) is 1. The fraction of sp³-hybridized carbons (Fsp3) is 0.368. The Balaban J connectivity index is 3.30. The third-order valence-corrected chi connectivity index (χ3v) is 4.99. The number of nitriles is 2. The first kappa shape index (κ1) is 18.9. The van der Waals surface area contributed by atoms with Crippen LogP contribution in [0.4, 0.5) is 0 Å². The minimum Gasteiger partial charge on any atom is -0.385 e. The van der Waals surface area contributed by atoms with Crippen molar-refractivity contribution < 1.29 is 0 Å². The molecular formula is C19H23N3S. The quantitative estimate of drug-likeness (QED) is 0.554. The smallest absolute Gasteiger partial charge is 0.0991 e. The third-order valence-electron chi connectivity index (χ3n) is 3.70. The van der Waals surface area contributed by atoms with Crippen molar-refractivity contribution in [2.45, 2.75) is 34.1 Å². The van der Waals surface area contributed by atoms with Crippen molar-refractivity contribution in [3.05, 3.63) is 57.0 Å². The molecule has 0 radical (unpaired) electrons. The largest absolute Gasteiger partial charge is 0.385 e. The van der Waals surface area contributed by atoms with Crippen LogP contribution < -0.4 is 5.32 Å². The van der Waals surface area contributed by atoms with Crippen LogP contribution in [-0.2, 0) is 0 Å². The highest BCUT2D eigenvalue weighted by Gasteiger charge is 2.20. The van der Waals surface area contributed by atoms with Crippen molar-refractivity contribution in [1.82, 2.24) is 5.32 Å². The van der Waals surface area contributed by atoms with E-state index >= 15 is 0 Å². The zero-order valence-electron chi connectivity index (χ0n) is 14.2. The van der Waals surface area contributed by atoms with E-state index in [2.05, 4.69) is 51.7 Å². The monoisotopic (exact) mass is 325 g/mol. The molecule has 1 aliphatic rings. The average molecular weight is 325 g/mol. The number of allylic oxidation sites excluding steroid dienone is 6. The maximum Gasteiger partial charge on any atom is 0.0991 e. The molecule has 0 atom stereocenters. The lowest BCUT2D eigenvalue weighted by Crippen LogP contribution is -2.24. The Morgan fingerprint density at radius 1 is 1.39 bits per heavy atom. The molecule has 0 amide bonds. The van der Waals surface area contributed by atoms with Crippen LogP contribution in [0.5, 0.6) is 0 Å². The van der Waals surface area contributed by atoms with Gasteiger partial charge in [0, 0.05) is 22.1 Å². The van der Waals surface area contributed by atoms with Crippen LogP contribution >= 0.6 is 11.8 Å². The maximum absolute atomic E-state index is 9.12. The summed E-state index contributed by atoms with van der Waals surface area (Å²) in [4.78, 5) is 2.14. The Hall–Kier alpha value is -2.17. The summed E-state index contributed by atoms with van der Waals surface area (Å²) in [5.41, 5.74) is 4.25. The summed E-state index contributed by atoms with van der Waals surface area (Å²) in [6, 6.07) is 4.25. The van der Waals surface area contributed by atoms with Crippen LogP contribution in [0, 0.1) is 28.6 Å². The molecule has 4 heteroatoms. The molecule has 1 rings (SSSR count). The van der Waals surface area contributed by atoms with Gasteiger partial charge in [-0.05, 0) is 37.0 Å². The molecule has 0 aromatic rings. The van der Waals surface area contributed by atoms with E-state index < -0.39 is 0 Å². The van der Waals surface area contributed by atoms with Gasteiger partial charge in [-0.2, -0.15) is 10.5 Å². The number of thioether (sulfide) groups is 1. The van der Waals surface area contributed by atoms with E-state index in [0.717, 1.165) is 11.4 Å². The Bertz CT molecular complexity index is 676. The molecule has 0 fully saturated rings. The summed E-state index contributed by atoms with van der Waals surface area (Å²) in [6.45, 7) is 13.0. The first-order valence-electron chi connectivity index (χ1n) is 7.58. The molecule has 0 aliphatic carbocycles. The van der Waals surface area contributed by atoms with E-state index in [-0.39, 0.29) is 0 Å². The molecule has 0 aromatic carbocycles. The molecule has 0 saturated carbocycles. The summed E-state index contributed by atoms with van der Waals surface area (Å²) in [7, 11) is 0. The summed E-state index contributed by atoms with van der Waals surface area (Å²) in [5.74, 6) is 0.434. The predicted octanol–water partition coefficient (Wildman–Crippen LogP) is 4.96. The molecule has 0 aromatic heterocycles. The standard InChI is InChI=1S/C19H23N3S/c1-6-16(11-21)10-17(8-7-9-20)23-19-14(4)15(5)22-12-18(19)13(2)3/h6,8,10,13,22H,1,7,12H2,2-5H3/b16-10+,17-8+.